The summed E-state index contributed by atoms with van der Waals surface area (Å²) in [5.74, 6) is 0.790. The Kier molecular flexibility index (Phi) is 5.45. The van der Waals surface area contributed by atoms with E-state index < -0.39 is 9.84 Å². The number of hydrogen-bond acceptors (Lipinski definition) is 7. The van der Waals surface area contributed by atoms with E-state index in [4.69, 9.17) is 9.47 Å². The van der Waals surface area contributed by atoms with Crippen molar-refractivity contribution in [3.8, 4) is 5.75 Å². The van der Waals surface area contributed by atoms with Gasteiger partial charge in [-0.1, -0.05) is 17.4 Å². The molecule has 26 heavy (non-hydrogen) atoms. The fourth-order valence-electron chi connectivity index (χ4n) is 2.61. The molecule has 0 fully saturated rings. The molecule has 0 spiro atoms. The van der Waals surface area contributed by atoms with Crippen LogP contribution in [0.3, 0.4) is 0 Å². The van der Waals surface area contributed by atoms with Gasteiger partial charge >= 0.3 is 0 Å². The Morgan fingerprint density at radius 2 is 1.96 bits per heavy atom. The van der Waals surface area contributed by atoms with Crippen molar-refractivity contribution in [2.45, 2.75) is 18.0 Å². The molecule has 0 aliphatic carbocycles. The number of anilines is 1. The molecule has 0 bridgehead atoms. The zero-order valence-corrected chi connectivity index (χ0v) is 16.4. The summed E-state index contributed by atoms with van der Waals surface area (Å²) in [4.78, 5) is 4.77. The molecule has 2 aromatic carbocycles. The number of hydrogen-bond donors (Lipinski definition) is 1. The number of aromatic nitrogens is 1. The highest BCUT2D eigenvalue weighted by atomic mass is 32.2. The van der Waals surface area contributed by atoms with Crippen molar-refractivity contribution < 1.29 is 17.9 Å². The summed E-state index contributed by atoms with van der Waals surface area (Å²) in [7, 11) is 0.0552. The Morgan fingerprint density at radius 1 is 1.15 bits per heavy atom. The van der Waals surface area contributed by atoms with Gasteiger partial charge in [0.05, 0.1) is 28.8 Å². The SMILES string of the molecule is COCc1ccc(OC)c(CNc2nc3cc(S(C)(=O)=O)ccc3s2)c1. The van der Waals surface area contributed by atoms with E-state index in [1.54, 1.807) is 32.4 Å². The van der Waals surface area contributed by atoms with Crippen LogP contribution in [0.2, 0.25) is 0 Å². The van der Waals surface area contributed by atoms with Crippen molar-refractivity contribution in [2.24, 2.45) is 0 Å². The molecular weight excluding hydrogens is 372 g/mol. The number of nitrogens with zero attached hydrogens (tertiary/aromatic N) is 1. The Labute approximate surface area is 156 Å². The third-order valence-electron chi connectivity index (χ3n) is 3.87. The minimum absolute atomic E-state index is 0.274. The van der Waals surface area contributed by atoms with E-state index >= 15 is 0 Å². The van der Waals surface area contributed by atoms with Gasteiger partial charge in [-0.3, -0.25) is 0 Å². The predicted octanol–water partition coefficient (Wildman–Crippen LogP) is 3.47. The van der Waals surface area contributed by atoms with E-state index in [-0.39, 0.29) is 4.90 Å². The molecule has 6 nitrogen and oxygen atoms in total. The largest absolute Gasteiger partial charge is 0.496 e. The van der Waals surface area contributed by atoms with Gasteiger partial charge in [0.25, 0.3) is 0 Å². The molecule has 0 unspecified atom stereocenters. The molecule has 1 N–H and O–H groups in total. The van der Waals surface area contributed by atoms with Crippen LogP contribution in [0, 0.1) is 0 Å². The zero-order chi connectivity index (χ0) is 18.7. The van der Waals surface area contributed by atoms with Crippen LogP contribution >= 0.6 is 11.3 Å². The average molecular weight is 393 g/mol. The molecule has 0 aliphatic heterocycles. The van der Waals surface area contributed by atoms with Crippen LogP contribution < -0.4 is 10.1 Å². The van der Waals surface area contributed by atoms with Gasteiger partial charge in [-0.05, 0) is 35.9 Å². The third-order valence-corrected chi connectivity index (χ3v) is 5.98. The smallest absolute Gasteiger partial charge is 0.184 e. The van der Waals surface area contributed by atoms with Gasteiger partial charge in [-0.2, -0.15) is 0 Å². The minimum Gasteiger partial charge on any atom is -0.496 e. The molecule has 0 amide bonds. The first kappa shape index (κ1) is 18.6. The first-order chi connectivity index (χ1) is 12.4. The minimum atomic E-state index is -3.24. The van der Waals surface area contributed by atoms with Gasteiger partial charge in [-0.15, -0.1) is 0 Å². The van der Waals surface area contributed by atoms with Crippen LogP contribution in [0.25, 0.3) is 10.2 Å². The van der Waals surface area contributed by atoms with Crippen LogP contribution in [-0.2, 0) is 27.7 Å². The number of thiazole rings is 1. The van der Waals surface area contributed by atoms with Gasteiger partial charge in [-0.25, -0.2) is 13.4 Å². The maximum absolute atomic E-state index is 11.7. The highest BCUT2D eigenvalue weighted by Gasteiger charge is 2.11. The lowest BCUT2D eigenvalue weighted by Crippen LogP contribution is -2.02. The summed E-state index contributed by atoms with van der Waals surface area (Å²) in [6, 6.07) is 10.9. The van der Waals surface area contributed by atoms with Gasteiger partial charge in [0.2, 0.25) is 0 Å². The number of sulfone groups is 1. The summed E-state index contributed by atoms with van der Waals surface area (Å²) in [6.45, 7) is 1.08. The van der Waals surface area contributed by atoms with Gasteiger partial charge in [0, 0.05) is 25.5 Å². The summed E-state index contributed by atoms with van der Waals surface area (Å²) >= 11 is 1.48. The number of ether oxygens (including phenoxy) is 2. The first-order valence-corrected chi connectivity index (χ1v) is 10.6. The second-order valence-electron chi connectivity index (χ2n) is 5.85. The van der Waals surface area contributed by atoms with Crippen molar-refractivity contribution in [1.29, 1.82) is 0 Å². The van der Waals surface area contributed by atoms with Crippen molar-refractivity contribution in [2.75, 3.05) is 25.8 Å². The second-order valence-corrected chi connectivity index (χ2v) is 8.90. The molecule has 3 rings (SSSR count). The number of rotatable bonds is 7. The topological polar surface area (TPSA) is 77.5 Å². The molecule has 8 heteroatoms. The standard InChI is InChI=1S/C18H20N2O4S2/c1-23-11-12-4-6-16(24-2)13(8-12)10-19-18-20-15-9-14(26(3,21)22)5-7-17(15)25-18/h4-9H,10-11H2,1-3H3,(H,19,20). The molecular formula is C18H20N2O4S2. The lowest BCUT2D eigenvalue weighted by Gasteiger charge is -2.11. The summed E-state index contributed by atoms with van der Waals surface area (Å²) in [6.07, 6.45) is 1.19. The van der Waals surface area contributed by atoms with Gasteiger partial charge < -0.3 is 14.8 Å². The van der Waals surface area contributed by atoms with Gasteiger partial charge in [0.1, 0.15) is 5.75 Å². The lowest BCUT2D eigenvalue weighted by molar-refractivity contribution is 0.185. The van der Waals surface area contributed by atoms with Gasteiger partial charge in [0.15, 0.2) is 15.0 Å². The number of methoxy groups -OCH3 is 2. The predicted molar refractivity (Wildman–Crippen MR) is 104 cm³/mol. The highest BCUT2D eigenvalue weighted by Crippen LogP contribution is 2.29. The fraction of sp³-hybridized carbons (Fsp3) is 0.278. The molecule has 3 aromatic rings. The average Bonchev–Trinajstić information content (AvgIpc) is 3.01. The maximum atomic E-state index is 11.7. The number of nitrogens with one attached hydrogen (secondary N) is 1. The zero-order valence-electron chi connectivity index (χ0n) is 14.8. The van der Waals surface area contributed by atoms with E-state index in [0.717, 1.165) is 26.7 Å². The first-order valence-electron chi connectivity index (χ1n) is 7.90. The number of benzene rings is 2. The normalized spacial score (nSPS) is 11.7. The molecule has 0 saturated carbocycles. The van der Waals surface area contributed by atoms with Crippen molar-refractivity contribution in [1.82, 2.24) is 4.98 Å². The Bertz CT molecular complexity index is 1030. The third kappa shape index (κ3) is 4.14. The Balaban J connectivity index is 1.82. The Hall–Kier alpha value is -2.16. The molecule has 0 atom stereocenters. The van der Waals surface area contributed by atoms with Crippen LogP contribution in [-0.4, -0.2) is 33.9 Å². The van der Waals surface area contributed by atoms with Crippen LogP contribution in [0.15, 0.2) is 41.3 Å². The van der Waals surface area contributed by atoms with Crippen molar-refractivity contribution in [3.63, 3.8) is 0 Å². The molecule has 1 heterocycles. The molecule has 138 valence electrons. The fourth-order valence-corrected chi connectivity index (χ4v) is 4.09. The molecule has 0 radical (unpaired) electrons. The molecule has 0 saturated heterocycles. The molecule has 0 aliphatic rings. The molecule has 1 aromatic heterocycles. The second kappa shape index (κ2) is 7.61. The summed E-state index contributed by atoms with van der Waals surface area (Å²) in [5.41, 5.74) is 2.73. The lowest BCUT2D eigenvalue weighted by atomic mass is 10.1. The quantitative estimate of drug-likeness (QED) is 0.663. The van der Waals surface area contributed by atoms with E-state index in [0.29, 0.717) is 18.7 Å². The maximum Gasteiger partial charge on any atom is 0.184 e. The van der Waals surface area contributed by atoms with E-state index in [1.807, 2.05) is 18.2 Å². The Morgan fingerprint density at radius 3 is 2.65 bits per heavy atom. The van der Waals surface area contributed by atoms with Crippen LogP contribution in [0.1, 0.15) is 11.1 Å². The van der Waals surface area contributed by atoms with E-state index in [2.05, 4.69) is 10.3 Å². The monoisotopic (exact) mass is 392 g/mol. The summed E-state index contributed by atoms with van der Waals surface area (Å²) in [5, 5.41) is 4.02. The van der Waals surface area contributed by atoms with E-state index in [9.17, 15) is 8.42 Å². The van der Waals surface area contributed by atoms with Crippen molar-refractivity contribution in [3.05, 3.63) is 47.5 Å². The highest BCUT2D eigenvalue weighted by molar-refractivity contribution is 7.90. The van der Waals surface area contributed by atoms with Crippen molar-refractivity contribution >= 4 is 36.5 Å². The van der Waals surface area contributed by atoms with Crippen LogP contribution in [0.5, 0.6) is 5.75 Å². The van der Waals surface area contributed by atoms with Crippen LogP contribution in [0.4, 0.5) is 5.13 Å². The summed E-state index contributed by atoms with van der Waals surface area (Å²) < 4.78 is 34.9. The number of fused-ring (bicyclic) bond motifs is 1. The van der Waals surface area contributed by atoms with E-state index in [1.165, 1.54) is 17.6 Å².